The first kappa shape index (κ1) is 7.79. The summed E-state index contributed by atoms with van der Waals surface area (Å²) in [5.41, 5.74) is 0.339. The molecule has 58 valence electrons. The Bertz CT molecular complexity index is 246. The minimum Gasteiger partial charge on any atom is -0.508 e. The second-order valence-corrected chi connectivity index (χ2v) is 2.54. The summed E-state index contributed by atoms with van der Waals surface area (Å²) in [6, 6.07) is 0. The van der Waals surface area contributed by atoms with Crippen molar-refractivity contribution in [3.8, 4) is 0 Å². The Balaban J connectivity index is 2.97. The van der Waals surface area contributed by atoms with Crippen LogP contribution < -0.4 is 0 Å². The fraction of sp³-hybridized carbons (Fsp3) is 0.222. The molecule has 1 unspecified atom stereocenters. The lowest BCUT2D eigenvalue weighted by molar-refractivity contribution is -0.104. The van der Waals surface area contributed by atoms with Crippen LogP contribution in [0.5, 0.6) is 0 Å². The van der Waals surface area contributed by atoms with Crippen LogP contribution in [0.4, 0.5) is 0 Å². The summed E-state index contributed by atoms with van der Waals surface area (Å²) in [5.74, 6) is 0.251. The first-order chi connectivity index (χ1) is 5.24. The van der Waals surface area contributed by atoms with E-state index in [0.717, 1.165) is 0 Å². The van der Waals surface area contributed by atoms with Gasteiger partial charge in [0.2, 0.25) is 0 Å². The predicted molar refractivity (Wildman–Crippen MR) is 43.2 cm³/mol. The molecule has 0 fully saturated rings. The van der Waals surface area contributed by atoms with Gasteiger partial charge in [0.1, 0.15) is 5.76 Å². The molecule has 1 N–H and O–H groups in total. The van der Waals surface area contributed by atoms with Crippen molar-refractivity contribution >= 4 is 6.29 Å². The zero-order valence-electron chi connectivity index (χ0n) is 6.32. The first-order valence-corrected chi connectivity index (χ1v) is 3.49. The Kier molecular flexibility index (Phi) is 2.26. The quantitative estimate of drug-likeness (QED) is 0.578. The molecule has 0 saturated heterocycles. The minimum absolute atomic E-state index is 0.0671. The SMILES string of the molecule is CC1C=CC=C(C=O)C(O)=C1. The van der Waals surface area contributed by atoms with Crippen LogP contribution in [0.15, 0.2) is 35.6 Å². The van der Waals surface area contributed by atoms with E-state index in [0.29, 0.717) is 11.9 Å². The lowest BCUT2D eigenvalue weighted by atomic mass is 10.1. The van der Waals surface area contributed by atoms with Gasteiger partial charge in [-0.25, -0.2) is 0 Å². The Labute approximate surface area is 65.5 Å². The zero-order chi connectivity index (χ0) is 8.27. The lowest BCUT2D eigenvalue weighted by Crippen LogP contribution is -1.90. The molecule has 0 heterocycles. The van der Waals surface area contributed by atoms with Crippen LogP contribution in [-0.2, 0) is 4.79 Å². The van der Waals surface area contributed by atoms with E-state index >= 15 is 0 Å². The summed E-state index contributed by atoms with van der Waals surface area (Å²) >= 11 is 0. The van der Waals surface area contributed by atoms with Crippen molar-refractivity contribution in [2.75, 3.05) is 0 Å². The maximum atomic E-state index is 10.3. The van der Waals surface area contributed by atoms with Gasteiger partial charge in [-0.15, -0.1) is 0 Å². The molecule has 1 rings (SSSR count). The van der Waals surface area contributed by atoms with Crippen molar-refractivity contribution in [2.24, 2.45) is 5.92 Å². The van der Waals surface area contributed by atoms with Gasteiger partial charge in [0, 0.05) is 0 Å². The maximum absolute atomic E-state index is 10.3. The van der Waals surface area contributed by atoms with Gasteiger partial charge >= 0.3 is 0 Å². The van der Waals surface area contributed by atoms with E-state index in [2.05, 4.69) is 0 Å². The van der Waals surface area contributed by atoms with E-state index in [1.807, 2.05) is 13.0 Å². The summed E-state index contributed by atoms with van der Waals surface area (Å²) in [6.07, 6.45) is 7.57. The van der Waals surface area contributed by atoms with Crippen LogP contribution in [0.3, 0.4) is 0 Å². The average molecular weight is 150 g/mol. The van der Waals surface area contributed by atoms with E-state index in [4.69, 9.17) is 0 Å². The van der Waals surface area contributed by atoms with E-state index in [1.54, 1.807) is 18.2 Å². The van der Waals surface area contributed by atoms with Crippen molar-refractivity contribution < 1.29 is 9.90 Å². The molecule has 1 aliphatic carbocycles. The van der Waals surface area contributed by atoms with Crippen molar-refractivity contribution in [1.82, 2.24) is 0 Å². The number of aldehydes is 1. The molecule has 1 aliphatic rings. The Hall–Kier alpha value is -1.31. The third-order valence-corrected chi connectivity index (χ3v) is 1.53. The Morgan fingerprint density at radius 1 is 1.64 bits per heavy atom. The smallest absolute Gasteiger partial charge is 0.153 e. The largest absolute Gasteiger partial charge is 0.508 e. The summed E-state index contributed by atoms with van der Waals surface area (Å²) in [6.45, 7) is 1.94. The molecule has 0 aliphatic heterocycles. The molecule has 2 nitrogen and oxygen atoms in total. The van der Waals surface area contributed by atoms with Crippen LogP contribution in [0.1, 0.15) is 6.92 Å². The van der Waals surface area contributed by atoms with Gasteiger partial charge in [-0.05, 0) is 18.1 Å². The molecule has 1 atom stereocenters. The molecule has 0 aromatic rings. The number of carbonyl (C=O) groups excluding carboxylic acids is 1. The van der Waals surface area contributed by atoms with Crippen LogP contribution in [0.2, 0.25) is 0 Å². The number of hydrogen-bond donors (Lipinski definition) is 1. The topological polar surface area (TPSA) is 37.3 Å². The molecule has 0 spiro atoms. The summed E-state index contributed by atoms with van der Waals surface area (Å²) in [7, 11) is 0. The van der Waals surface area contributed by atoms with Gasteiger partial charge in [-0.3, -0.25) is 4.79 Å². The highest BCUT2D eigenvalue weighted by Gasteiger charge is 2.04. The molecule has 0 bridgehead atoms. The summed E-state index contributed by atoms with van der Waals surface area (Å²) < 4.78 is 0. The van der Waals surface area contributed by atoms with E-state index in [-0.39, 0.29) is 11.7 Å². The number of aliphatic hydroxyl groups excluding tert-OH is 1. The van der Waals surface area contributed by atoms with E-state index in [9.17, 15) is 9.90 Å². The molecular formula is C9H10O2. The standard InChI is InChI=1S/C9H10O2/c1-7-3-2-4-8(6-10)9(11)5-7/h2-7,11H,1H3. The molecule has 0 aromatic carbocycles. The summed E-state index contributed by atoms with van der Waals surface area (Å²) in [5, 5.41) is 9.24. The van der Waals surface area contributed by atoms with Gasteiger partial charge in [0.25, 0.3) is 0 Å². The van der Waals surface area contributed by atoms with Crippen LogP contribution >= 0.6 is 0 Å². The fourth-order valence-corrected chi connectivity index (χ4v) is 0.920. The van der Waals surface area contributed by atoms with Crippen molar-refractivity contribution in [3.63, 3.8) is 0 Å². The van der Waals surface area contributed by atoms with Gasteiger partial charge < -0.3 is 5.11 Å². The first-order valence-electron chi connectivity index (χ1n) is 3.49. The lowest BCUT2D eigenvalue weighted by Gasteiger charge is -1.97. The highest BCUT2D eigenvalue weighted by molar-refractivity contribution is 5.79. The third kappa shape index (κ3) is 1.80. The third-order valence-electron chi connectivity index (χ3n) is 1.53. The molecule has 2 heteroatoms. The minimum atomic E-state index is 0.0671. The van der Waals surface area contributed by atoms with Gasteiger partial charge in [-0.2, -0.15) is 0 Å². The molecule has 11 heavy (non-hydrogen) atoms. The number of hydrogen-bond acceptors (Lipinski definition) is 2. The van der Waals surface area contributed by atoms with E-state index in [1.165, 1.54) is 0 Å². The van der Waals surface area contributed by atoms with Crippen molar-refractivity contribution in [1.29, 1.82) is 0 Å². The fourth-order valence-electron chi connectivity index (χ4n) is 0.920. The highest BCUT2D eigenvalue weighted by Crippen LogP contribution is 2.13. The monoisotopic (exact) mass is 150 g/mol. The van der Waals surface area contributed by atoms with Crippen LogP contribution in [-0.4, -0.2) is 11.4 Å². The van der Waals surface area contributed by atoms with Crippen molar-refractivity contribution in [2.45, 2.75) is 6.92 Å². The van der Waals surface area contributed by atoms with Crippen LogP contribution in [0, 0.1) is 5.92 Å². The highest BCUT2D eigenvalue weighted by atomic mass is 16.3. The number of aliphatic hydroxyl groups is 1. The predicted octanol–water partition coefficient (Wildman–Crippen LogP) is 1.76. The van der Waals surface area contributed by atoms with Gasteiger partial charge in [-0.1, -0.05) is 19.1 Å². The molecule has 0 radical (unpaired) electrons. The normalized spacial score (nSPS) is 23.5. The second-order valence-electron chi connectivity index (χ2n) is 2.54. The number of rotatable bonds is 1. The Morgan fingerprint density at radius 3 is 3.00 bits per heavy atom. The molecule has 0 amide bonds. The van der Waals surface area contributed by atoms with Gasteiger partial charge in [0.15, 0.2) is 6.29 Å². The molecular weight excluding hydrogens is 140 g/mol. The average Bonchev–Trinajstić information content (AvgIpc) is 2.11. The maximum Gasteiger partial charge on any atom is 0.153 e. The van der Waals surface area contributed by atoms with Crippen molar-refractivity contribution in [3.05, 3.63) is 35.6 Å². The molecule has 0 aromatic heterocycles. The zero-order valence-corrected chi connectivity index (χ0v) is 6.32. The number of allylic oxidation sites excluding steroid dienone is 5. The second kappa shape index (κ2) is 3.19. The number of carbonyl (C=O) groups is 1. The van der Waals surface area contributed by atoms with Crippen LogP contribution in [0.25, 0.3) is 0 Å². The molecule has 0 saturated carbocycles. The van der Waals surface area contributed by atoms with E-state index < -0.39 is 0 Å². The Morgan fingerprint density at radius 2 is 2.36 bits per heavy atom. The van der Waals surface area contributed by atoms with Gasteiger partial charge in [0.05, 0.1) is 5.57 Å². The summed E-state index contributed by atoms with van der Waals surface area (Å²) in [4.78, 5) is 10.3.